The molecule has 0 saturated heterocycles. The van der Waals surface area contributed by atoms with E-state index < -0.39 is 0 Å². The van der Waals surface area contributed by atoms with Crippen LogP contribution in [0.2, 0.25) is 0 Å². The molecule has 2 radical (unpaired) electrons. The summed E-state index contributed by atoms with van der Waals surface area (Å²) in [6.45, 7) is 51.1. The van der Waals surface area contributed by atoms with E-state index in [0.717, 1.165) is 74.1 Å². The van der Waals surface area contributed by atoms with Crippen molar-refractivity contribution in [2.45, 2.75) is 212 Å². The number of hydrogen-bond donors (Lipinski definition) is 0. The Morgan fingerprint density at radius 3 is 0.575 bits per heavy atom. The molecule has 0 aliphatic heterocycles. The minimum Gasteiger partial charge on any atom is -2.00 e. The van der Waals surface area contributed by atoms with Crippen LogP contribution in [0.25, 0.3) is 0 Å². The smallest absolute Gasteiger partial charge is 2.00 e. The second-order valence-electron chi connectivity index (χ2n) is 30.7. The number of hydrogen-bond acceptors (Lipinski definition) is 8. The van der Waals surface area contributed by atoms with Crippen LogP contribution in [0.3, 0.4) is 0 Å². The van der Waals surface area contributed by atoms with E-state index in [1.165, 1.54) is 22.3 Å². The molecule has 0 bridgehead atoms. The number of rotatable bonds is 22. The van der Waals surface area contributed by atoms with Crippen molar-refractivity contribution in [3.8, 4) is 23.0 Å². The average Bonchev–Trinajstić information content (AvgIpc) is 3.22. The predicted octanol–water partition coefficient (Wildman–Crippen LogP) is 13.4. The van der Waals surface area contributed by atoms with Crippen LogP contribution in [-0.4, -0.2) is 74.0 Å². The number of nitrogens with zero attached hydrogens (tertiary/aromatic N) is 4. The van der Waals surface area contributed by atoms with Gasteiger partial charge in [-0.05, 0) is 142 Å². The molecule has 0 saturated carbocycles. The SMILES string of the molecule is CN(CCN(C)Cc1cc(C(C)(C)CC(C)(C)C)ccc1[O-])Cc1cc(C(C)(C)CC(C)(C)C)ccc1[O-].CN(CCN(C)Cc1cc(C(C)(C)CC(C)(C)C)ccc1[O-])Cc1cc(C(C)(C)CC(C)(C)C)ccc1[O-].[O-2].[O-2].[V+4].[V+4]. The Balaban J connectivity index is 0. The Labute approximate surface area is 513 Å². The van der Waals surface area contributed by atoms with E-state index in [1.807, 2.05) is 24.3 Å². The summed E-state index contributed by atoms with van der Waals surface area (Å²) in [5.41, 5.74) is 9.20. The summed E-state index contributed by atoms with van der Waals surface area (Å²) >= 11 is 0. The van der Waals surface area contributed by atoms with Crippen molar-refractivity contribution >= 4 is 0 Å². The van der Waals surface area contributed by atoms with Gasteiger partial charge in [-0.25, -0.2) is 0 Å². The summed E-state index contributed by atoms with van der Waals surface area (Å²) < 4.78 is 0. The molecule has 4 aromatic carbocycles. The van der Waals surface area contributed by atoms with Gasteiger partial charge in [0.15, 0.2) is 0 Å². The zero-order valence-electron chi connectivity index (χ0n) is 54.5. The Morgan fingerprint density at radius 2 is 0.438 bits per heavy atom. The van der Waals surface area contributed by atoms with Crippen LogP contribution in [0.15, 0.2) is 72.8 Å². The summed E-state index contributed by atoms with van der Waals surface area (Å²) in [5, 5.41) is 50.7. The summed E-state index contributed by atoms with van der Waals surface area (Å²) in [6, 6.07) is 23.4. The molecular weight excluding hydrogens is 1070 g/mol. The molecule has 0 aromatic heterocycles. The third kappa shape index (κ3) is 27.2. The van der Waals surface area contributed by atoms with Crippen molar-refractivity contribution in [3.63, 3.8) is 0 Å². The number of likely N-dealkylation sites (N-methyl/N-ethyl adjacent to an activating group) is 4. The first kappa shape index (κ1) is 79.1. The first-order valence-corrected chi connectivity index (χ1v) is 28.3. The van der Waals surface area contributed by atoms with Gasteiger partial charge in [-0.3, -0.25) is 0 Å². The molecule has 0 unspecified atom stereocenters. The van der Waals surface area contributed by atoms with Gasteiger partial charge in [0.05, 0.1) is 0 Å². The zero-order valence-corrected chi connectivity index (χ0v) is 57.3. The molecular formula is C68H108N4O6V2. The monoisotopic (exact) mass is 1180 g/mol. The van der Waals surface area contributed by atoms with Crippen LogP contribution in [0, 0.1) is 21.7 Å². The molecule has 12 heteroatoms. The van der Waals surface area contributed by atoms with Gasteiger partial charge >= 0.3 is 37.1 Å². The van der Waals surface area contributed by atoms with Crippen molar-refractivity contribution in [3.05, 3.63) is 117 Å². The van der Waals surface area contributed by atoms with Crippen LogP contribution in [0.1, 0.15) is 209 Å². The maximum atomic E-state index is 12.7. The van der Waals surface area contributed by atoms with Gasteiger partial charge in [-0.15, -0.1) is 23.0 Å². The van der Waals surface area contributed by atoms with E-state index in [9.17, 15) is 20.4 Å². The molecule has 0 heterocycles. The second kappa shape index (κ2) is 31.2. The van der Waals surface area contributed by atoms with Gasteiger partial charge in [-0.2, -0.15) is 0 Å². The van der Waals surface area contributed by atoms with E-state index in [1.54, 1.807) is 24.3 Å². The molecule has 10 nitrogen and oxygen atoms in total. The molecule has 0 aliphatic rings. The molecule has 0 spiro atoms. The van der Waals surface area contributed by atoms with E-state index in [-0.39, 0.29) is 114 Å². The standard InChI is InChI=1S/2C34H56N2O2.2O.2V/c2*1-31(2,3)23-33(7,8)27-13-15-29(37)25(19-27)21-35(11)17-18-36(12)22-26-20-28(14-16-30(26)38)34(9,10)24-32(4,5)6;;;;/h2*13-16,19-20,37-38H,17-18,21-24H2,1-12H3;;;;/q;;2*-2;2*+4/p-4. The van der Waals surface area contributed by atoms with Gasteiger partial charge < -0.3 is 51.0 Å². The normalized spacial score (nSPS) is 12.8. The van der Waals surface area contributed by atoms with E-state index in [4.69, 9.17) is 0 Å². The molecule has 4 rings (SSSR count). The summed E-state index contributed by atoms with van der Waals surface area (Å²) in [4.78, 5) is 8.81. The molecule has 80 heavy (non-hydrogen) atoms. The minimum atomic E-state index is 0. The largest absolute Gasteiger partial charge is 4.00 e. The van der Waals surface area contributed by atoms with Crippen LogP contribution < -0.4 is 20.4 Å². The van der Waals surface area contributed by atoms with Crippen molar-refractivity contribution in [1.82, 2.24) is 19.6 Å². The Kier molecular flexibility index (Phi) is 30.9. The van der Waals surface area contributed by atoms with Crippen LogP contribution in [-0.2, 0) is 95.9 Å². The van der Waals surface area contributed by atoms with E-state index >= 15 is 0 Å². The topological polar surface area (TPSA) is 162 Å². The second-order valence-corrected chi connectivity index (χ2v) is 30.7. The quantitative estimate of drug-likeness (QED) is 0.0751. The molecule has 446 valence electrons. The summed E-state index contributed by atoms with van der Waals surface area (Å²) in [6.07, 6.45) is 4.20. The van der Waals surface area contributed by atoms with Gasteiger partial charge in [0.25, 0.3) is 0 Å². The van der Waals surface area contributed by atoms with Gasteiger partial charge in [-0.1, -0.05) is 211 Å². The Bertz CT molecular complexity index is 2140. The molecule has 0 amide bonds. The van der Waals surface area contributed by atoms with Crippen molar-refractivity contribution < 1.29 is 68.5 Å². The summed E-state index contributed by atoms with van der Waals surface area (Å²) in [7, 11) is 8.26. The van der Waals surface area contributed by atoms with Gasteiger partial charge in [0.2, 0.25) is 0 Å². The minimum absolute atomic E-state index is 0. The van der Waals surface area contributed by atoms with Gasteiger partial charge in [0, 0.05) is 52.4 Å². The van der Waals surface area contributed by atoms with Gasteiger partial charge in [0.1, 0.15) is 0 Å². The maximum absolute atomic E-state index is 12.7. The first-order chi connectivity index (χ1) is 34.4. The van der Waals surface area contributed by atoms with Crippen molar-refractivity contribution in [2.75, 3.05) is 54.4 Å². The Morgan fingerprint density at radius 1 is 0.287 bits per heavy atom. The summed E-state index contributed by atoms with van der Waals surface area (Å²) in [5.74, 6) is 0.412. The maximum Gasteiger partial charge on any atom is 4.00 e. The zero-order chi connectivity index (χ0) is 58.2. The third-order valence-electron chi connectivity index (χ3n) is 14.7. The van der Waals surface area contributed by atoms with E-state index in [2.05, 4.69) is 211 Å². The van der Waals surface area contributed by atoms with Crippen LogP contribution >= 0.6 is 0 Å². The fraction of sp³-hybridized carbons (Fsp3) is 0.647. The third-order valence-corrected chi connectivity index (χ3v) is 14.7. The molecule has 0 atom stereocenters. The molecule has 4 aromatic rings. The van der Waals surface area contributed by atoms with Crippen LogP contribution in [0.5, 0.6) is 23.0 Å². The number of benzene rings is 4. The fourth-order valence-corrected chi connectivity index (χ4v) is 12.4. The average molecular weight is 1180 g/mol. The van der Waals surface area contributed by atoms with Crippen molar-refractivity contribution in [2.24, 2.45) is 21.7 Å². The fourth-order valence-electron chi connectivity index (χ4n) is 12.4. The molecule has 0 aliphatic carbocycles. The van der Waals surface area contributed by atoms with Crippen molar-refractivity contribution in [1.29, 1.82) is 0 Å². The predicted molar refractivity (Wildman–Crippen MR) is 319 cm³/mol. The van der Waals surface area contributed by atoms with Crippen LogP contribution in [0.4, 0.5) is 0 Å². The Hall–Kier alpha value is -2.99. The van der Waals surface area contributed by atoms with E-state index in [0.29, 0.717) is 26.2 Å². The first-order valence-electron chi connectivity index (χ1n) is 28.3. The molecule has 0 N–H and O–H groups in total. The molecule has 0 fully saturated rings.